The number of rotatable bonds is 4. The maximum atomic E-state index is 10.0. The zero-order valence-corrected chi connectivity index (χ0v) is 8.62. The first kappa shape index (κ1) is 10.3. The molecule has 0 saturated heterocycles. The van der Waals surface area contributed by atoms with E-state index in [-0.39, 0.29) is 0 Å². The predicted molar refractivity (Wildman–Crippen MR) is 52.5 cm³/mol. The molecular weight excluding hydrogens is 164 g/mol. The number of hydrogen-bond donors (Lipinski definition) is 1. The highest BCUT2D eigenvalue weighted by Gasteiger charge is 2.22. The van der Waals surface area contributed by atoms with Crippen LogP contribution in [0.15, 0.2) is 12.3 Å². The van der Waals surface area contributed by atoms with Crippen LogP contribution in [-0.4, -0.2) is 20.5 Å². The molecule has 13 heavy (non-hydrogen) atoms. The van der Waals surface area contributed by atoms with Crippen molar-refractivity contribution in [3.63, 3.8) is 0 Å². The summed E-state index contributed by atoms with van der Waals surface area (Å²) >= 11 is 0. The van der Waals surface area contributed by atoms with Crippen molar-refractivity contribution in [3.05, 3.63) is 18.0 Å². The summed E-state index contributed by atoms with van der Waals surface area (Å²) in [7, 11) is 0. The van der Waals surface area contributed by atoms with Crippen LogP contribution in [0.1, 0.15) is 32.4 Å². The van der Waals surface area contributed by atoms with Crippen LogP contribution in [-0.2, 0) is 6.54 Å². The first-order chi connectivity index (χ1) is 6.09. The summed E-state index contributed by atoms with van der Waals surface area (Å²) in [6, 6.07) is 1.95. The third-order valence-electron chi connectivity index (χ3n) is 2.55. The van der Waals surface area contributed by atoms with E-state index in [1.54, 1.807) is 0 Å². The SMILES string of the molecule is CCC(O)(CC)Cn1ccc(C)n1. The zero-order chi connectivity index (χ0) is 9.90. The van der Waals surface area contributed by atoms with E-state index >= 15 is 0 Å². The Morgan fingerprint density at radius 2 is 2.08 bits per heavy atom. The molecule has 1 heterocycles. The van der Waals surface area contributed by atoms with E-state index in [4.69, 9.17) is 0 Å². The van der Waals surface area contributed by atoms with Gasteiger partial charge < -0.3 is 5.11 Å². The van der Waals surface area contributed by atoms with Gasteiger partial charge in [-0.1, -0.05) is 13.8 Å². The first-order valence-electron chi connectivity index (χ1n) is 4.82. The number of aliphatic hydroxyl groups is 1. The Labute approximate surface area is 79.4 Å². The maximum Gasteiger partial charge on any atom is 0.0837 e. The van der Waals surface area contributed by atoms with Crippen LogP contribution in [0.4, 0.5) is 0 Å². The van der Waals surface area contributed by atoms with Gasteiger partial charge >= 0.3 is 0 Å². The van der Waals surface area contributed by atoms with Gasteiger partial charge in [-0.3, -0.25) is 4.68 Å². The Hall–Kier alpha value is -0.830. The monoisotopic (exact) mass is 182 g/mol. The molecule has 0 aliphatic heterocycles. The van der Waals surface area contributed by atoms with E-state index < -0.39 is 5.60 Å². The summed E-state index contributed by atoms with van der Waals surface area (Å²) in [4.78, 5) is 0. The van der Waals surface area contributed by atoms with Crippen molar-refractivity contribution in [2.24, 2.45) is 0 Å². The van der Waals surface area contributed by atoms with Gasteiger partial charge in [0.15, 0.2) is 0 Å². The van der Waals surface area contributed by atoms with Crippen molar-refractivity contribution in [2.75, 3.05) is 0 Å². The fourth-order valence-corrected chi connectivity index (χ4v) is 1.33. The van der Waals surface area contributed by atoms with Crippen LogP contribution in [0, 0.1) is 6.92 Å². The van der Waals surface area contributed by atoms with E-state index in [0.717, 1.165) is 18.5 Å². The lowest BCUT2D eigenvalue weighted by molar-refractivity contribution is 0.0118. The Bertz CT molecular complexity index is 264. The van der Waals surface area contributed by atoms with Crippen LogP contribution in [0.25, 0.3) is 0 Å². The molecule has 0 unspecified atom stereocenters. The van der Waals surface area contributed by atoms with E-state index in [1.807, 2.05) is 37.7 Å². The van der Waals surface area contributed by atoms with Crippen LogP contribution in [0.5, 0.6) is 0 Å². The summed E-state index contributed by atoms with van der Waals surface area (Å²) in [5, 5.41) is 14.3. The molecule has 0 fully saturated rings. The molecule has 1 aromatic heterocycles. The lowest BCUT2D eigenvalue weighted by Crippen LogP contribution is -2.32. The summed E-state index contributed by atoms with van der Waals surface area (Å²) in [6.45, 7) is 6.54. The van der Waals surface area contributed by atoms with E-state index in [1.165, 1.54) is 0 Å². The topological polar surface area (TPSA) is 38.0 Å². The van der Waals surface area contributed by atoms with Crippen molar-refractivity contribution in [1.82, 2.24) is 9.78 Å². The average molecular weight is 182 g/mol. The van der Waals surface area contributed by atoms with E-state index in [2.05, 4.69) is 5.10 Å². The highest BCUT2D eigenvalue weighted by atomic mass is 16.3. The van der Waals surface area contributed by atoms with Crippen LogP contribution in [0.3, 0.4) is 0 Å². The molecule has 0 atom stereocenters. The molecule has 3 nitrogen and oxygen atoms in total. The first-order valence-corrected chi connectivity index (χ1v) is 4.82. The predicted octanol–water partition coefficient (Wildman–Crippen LogP) is 1.74. The van der Waals surface area contributed by atoms with Gasteiger partial charge in [0.2, 0.25) is 0 Å². The molecule has 1 aromatic rings. The molecule has 0 aliphatic rings. The van der Waals surface area contributed by atoms with E-state index in [0.29, 0.717) is 6.54 Å². The fraction of sp³-hybridized carbons (Fsp3) is 0.700. The molecule has 3 heteroatoms. The largest absolute Gasteiger partial charge is 0.388 e. The molecule has 0 aliphatic carbocycles. The van der Waals surface area contributed by atoms with E-state index in [9.17, 15) is 5.11 Å². The van der Waals surface area contributed by atoms with Gasteiger partial charge in [-0.15, -0.1) is 0 Å². The Morgan fingerprint density at radius 3 is 2.46 bits per heavy atom. The quantitative estimate of drug-likeness (QED) is 0.770. The number of nitrogens with zero attached hydrogens (tertiary/aromatic N) is 2. The molecular formula is C10H18N2O. The van der Waals surface area contributed by atoms with Crippen LogP contribution in [0.2, 0.25) is 0 Å². The molecule has 0 bridgehead atoms. The smallest absolute Gasteiger partial charge is 0.0837 e. The Kier molecular flexibility index (Phi) is 3.09. The van der Waals surface area contributed by atoms with Crippen molar-refractivity contribution < 1.29 is 5.11 Å². The highest BCUT2D eigenvalue weighted by molar-refractivity contribution is 4.95. The summed E-state index contributed by atoms with van der Waals surface area (Å²) < 4.78 is 1.81. The van der Waals surface area contributed by atoms with Crippen LogP contribution < -0.4 is 0 Å². The number of hydrogen-bond acceptors (Lipinski definition) is 2. The van der Waals surface area contributed by atoms with Crippen molar-refractivity contribution in [3.8, 4) is 0 Å². The highest BCUT2D eigenvalue weighted by Crippen LogP contribution is 2.16. The zero-order valence-electron chi connectivity index (χ0n) is 8.62. The molecule has 0 aromatic carbocycles. The molecule has 0 saturated carbocycles. The number of aryl methyl sites for hydroxylation is 1. The molecule has 0 radical (unpaired) electrons. The lowest BCUT2D eigenvalue weighted by atomic mass is 9.98. The molecule has 74 valence electrons. The average Bonchev–Trinajstić information content (AvgIpc) is 2.51. The van der Waals surface area contributed by atoms with Crippen molar-refractivity contribution in [2.45, 2.75) is 45.8 Å². The minimum Gasteiger partial charge on any atom is -0.388 e. The summed E-state index contributed by atoms with van der Waals surface area (Å²) in [6.07, 6.45) is 3.44. The van der Waals surface area contributed by atoms with Crippen LogP contribution >= 0.6 is 0 Å². The standard InChI is InChI=1S/C10H18N2O/c1-4-10(13,5-2)8-12-7-6-9(3)11-12/h6-7,13H,4-5,8H2,1-3H3. The van der Waals surface area contributed by atoms with Crippen molar-refractivity contribution >= 4 is 0 Å². The second-order valence-corrected chi connectivity index (χ2v) is 3.59. The molecule has 1 N–H and O–H groups in total. The Morgan fingerprint density at radius 1 is 1.46 bits per heavy atom. The van der Waals surface area contributed by atoms with Gasteiger partial charge in [0.05, 0.1) is 17.8 Å². The third kappa shape index (κ3) is 2.56. The van der Waals surface area contributed by atoms with Gasteiger partial charge in [0.25, 0.3) is 0 Å². The normalized spacial score (nSPS) is 12.0. The second kappa shape index (κ2) is 3.92. The summed E-state index contributed by atoms with van der Waals surface area (Å²) in [5.74, 6) is 0. The molecule has 0 amide bonds. The number of aromatic nitrogens is 2. The fourth-order valence-electron chi connectivity index (χ4n) is 1.33. The van der Waals surface area contributed by atoms with Gasteiger partial charge in [0, 0.05) is 6.20 Å². The molecule has 1 rings (SSSR count). The summed E-state index contributed by atoms with van der Waals surface area (Å²) in [5.41, 5.74) is 0.396. The van der Waals surface area contributed by atoms with Gasteiger partial charge in [-0.25, -0.2) is 0 Å². The van der Waals surface area contributed by atoms with Crippen molar-refractivity contribution in [1.29, 1.82) is 0 Å². The van der Waals surface area contributed by atoms with Gasteiger partial charge in [-0.2, -0.15) is 5.10 Å². The minimum absolute atomic E-state index is 0.591. The second-order valence-electron chi connectivity index (χ2n) is 3.59. The Balaban J connectivity index is 2.67. The maximum absolute atomic E-state index is 10.0. The minimum atomic E-state index is -0.599. The molecule has 0 spiro atoms. The van der Waals surface area contributed by atoms with Gasteiger partial charge in [-0.05, 0) is 25.8 Å². The van der Waals surface area contributed by atoms with Gasteiger partial charge in [0.1, 0.15) is 0 Å². The lowest BCUT2D eigenvalue weighted by Gasteiger charge is -2.24. The third-order valence-corrected chi connectivity index (χ3v) is 2.55.